The van der Waals surface area contributed by atoms with E-state index in [-0.39, 0.29) is 11.9 Å². The molecule has 1 amide bonds. The van der Waals surface area contributed by atoms with Crippen LogP contribution in [0, 0.1) is 5.41 Å². The Hall–Kier alpha value is -2.84. The van der Waals surface area contributed by atoms with Crippen molar-refractivity contribution in [1.29, 1.82) is 5.41 Å². The van der Waals surface area contributed by atoms with Crippen LogP contribution < -0.4 is 10.2 Å². The van der Waals surface area contributed by atoms with Gasteiger partial charge in [-0.15, -0.1) is 0 Å². The maximum absolute atomic E-state index is 12.3. The number of rotatable bonds is 4. The van der Waals surface area contributed by atoms with Crippen LogP contribution in [-0.2, 0) is 23.0 Å². The number of allylic oxidation sites excluding steroid dienone is 1. The van der Waals surface area contributed by atoms with Gasteiger partial charge in [-0.1, -0.05) is 11.6 Å². The Labute approximate surface area is 205 Å². The van der Waals surface area contributed by atoms with Gasteiger partial charge in [-0.05, 0) is 48.9 Å². The summed E-state index contributed by atoms with van der Waals surface area (Å²) in [7, 11) is 1.89. The van der Waals surface area contributed by atoms with Crippen LogP contribution in [0.25, 0.3) is 11.1 Å². The van der Waals surface area contributed by atoms with Gasteiger partial charge in [0.2, 0.25) is 5.91 Å². The van der Waals surface area contributed by atoms with E-state index < -0.39 is 0 Å². The van der Waals surface area contributed by atoms with Crippen LogP contribution >= 0.6 is 11.6 Å². The molecule has 0 radical (unpaired) electrons. The molecule has 9 heteroatoms. The molecule has 2 N–H and O–H groups in total. The molecular formula is C25H31ClN6O2. The van der Waals surface area contributed by atoms with Crippen molar-refractivity contribution < 1.29 is 9.53 Å². The molecule has 1 aromatic carbocycles. The lowest BCUT2D eigenvalue weighted by atomic mass is 10.0. The SMILES string of the molecule is CC(=O)N1CCCC(NC2CCOC2)=C(C(=N)N2CCc3c(Cl)cc(-c4cnn(C)c4)cc32)C1. The van der Waals surface area contributed by atoms with Gasteiger partial charge in [0.15, 0.2) is 0 Å². The van der Waals surface area contributed by atoms with E-state index in [9.17, 15) is 10.2 Å². The van der Waals surface area contributed by atoms with E-state index in [1.165, 1.54) is 0 Å². The maximum Gasteiger partial charge on any atom is 0.219 e. The number of benzene rings is 1. The van der Waals surface area contributed by atoms with Gasteiger partial charge < -0.3 is 19.9 Å². The molecule has 0 aliphatic carbocycles. The van der Waals surface area contributed by atoms with Crippen molar-refractivity contribution in [1.82, 2.24) is 20.0 Å². The summed E-state index contributed by atoms with van der Waals surface area (Å²) in [6.07, 6.45) is 7.22. The van der Waals surface area contributed by atoms with Crippen LogP contribution in [0.1, 0.15) is 31.7 Å². The Morgan fingerprint density at radius 1 is 1.26 bits per heavy atom. The minimum absolute atomic E-state index is 0.0412. The lowest BCUT2D eigenvalue weighted by Crippen LogP contribution is -2.39. The molecule has 8 nitrogen and oxygen atoms in total. The Balaban J connectivity index is 1.51. The minimum atomic E-state index is 0.0412. The van der Waals surface area contributed by atoms with Crippen LogP contribution in [0.2, 0.25) is 5.02 Å². The number of carbonyl (C=O) groups excluding carboxylic acids is 1. The molecule has 1 unspecified atom stereocenters. The number of aryl methyl sites for hydroxylation is 1. The van der Waals surface area contributed by atoms with Gasteiger partial charge >= 0.3 is 0 Å². The molecule has 0 saturated carbocycles. The number of hydrogen-bond acceptors (Lipinski definition) is 5. The first-order valence-corrected chi connectivity index (χ1v) is 12.3. The smallest absolute Gasteiger partial charge is 0.219 e. The molecule has 3 aliphatic rings. The predicted molar refractivity (Wildman–Crippen MR) is 133 cm³/mol. The van der Waals surface area contributed by atoms with Crippen molar-refractivity contribution in [2.45, 2.75) is 38.6 Å². The molecule has 2 aromatic rings. The van der Waals surface area contributed by atoms with Crippen molar-refractivity contribution >= 4 is 29.0 Å². The van der Waals surface area contributed by atoms with E-state index in [0.717, 1.165) is 65.9 Å². The number of anilines is 1. The maximum atomic E-state index is 12.3. The Morgan fingerprint density at radius 2 is 2.12 bits per heavy atom. The van der Waals surface area contributed by atoms with Crippen LogP contribution in [0.5, 0.6) is 0 Å². The summed E-state index contributed by atoms with van der Waals surface area (Å²) >= 11 is 6.70. The van der Waals surface area contributed by atoms with Gasteiger partial charge in [-0.2, -0.15) is 5.10 Å². The van der Waals surface area contributed by atoms with E-state index in [1.54, 1.807) is 11.6 Å². The number of nitrogens with one attached hydrogen (secondary N) is 2. The zero-order valence-corrected chi connectivity index (χ0v) is 20.5. The fraction of sp³-hybridized carbons (Fsp3) is 0.480. The number of aromatic nitrogens is 2. The molecule has 3 aliphatic heterocycles. The summed E-state index contributed by atoms with van der Waals surface area (Å²) < 4.78 is 7.34. The van der Waals surface area contributed by atoms with Crippen LogP contribution in [0.15, 0.2) is 35.8 Å². The molecule has 4 heterocycles. The molecule has 180 valence electrons. The first kappa shape index (κ1) is 22.9. The lowest BCUT2D eigenvalue weighted by molar-refractivity contribution is -0.128. The normalized spacial score (nSPS) is 20.5. The third kappa shape index (κ3) is 4.44. The van der Waals surface area contributed by atoms with Crippen molar-refractivity contribution in [2.24, 2.45) is 7.05 Å². The highest BCUT2D eigenvalue weighted by Gasteiger charge is 2.31. The molecule has 1 atom stereocenters. The zero-order valence-electron chi connectivity index (χ0n) is 19.7. The number of amides is 1. The molecule has 1 fully saturated rings. The molecule has 1 saturated heterocycles. The largest absolute Gasteiger partial charge is 0.383 e. The number of fused-ring (bicyclic) bond motifs is 1. The highest BCUT2D eigenvalue weighted by atomic mass is 35.5. The number of amidine groups is 1. The zero-order chi connectivity index (χ0) is 23.8. The van der Waals surface area contributed by atoms with Gasteiger partial charge in [0.05, 0.1) is 25.4 Å². The Bertz CT molecular complexity index is 1150. The number of carbonyl (C=O) groups is 1. The lowest BCUT2D eigenvalue weighted by Gasteiger charge is -2.28. The molecule has 0 bridgehead atoms. The van der Waals surface area contributed by atoms with Crippen molar-refractivity contribution in [2.75, 3.05) is 37.7 Å². The highest BCUT2D eigenvalue weighted by molar-refractivity contribution is 6.32. The third-order valence-corrected chi connectivity index (χ3v) is 7.30. The van der Waals surface area contributed by atoms with Crippen LogP contribution in [-0.4, -0.2) is 65.3 Å². The van der Waals surface area contributed by atoms with Gasteiger partial charge in [0.1, 0.15) is 5.84 Å². The summed E-state index contributed by atoms with van der Waals surface area (Å²) in [5, 5.41) is 18.0. The topological polar surface area (TPSA) is 86.5 Å². The van der Waals surface area contributed by atoms with E-state index in [2.05, 4.69) is 16.5 Å². The molecule has 34 heavy (non-hydrogen) atoms. The van der Waals surface area contributed by atoms with E-state index in [1.807, 2.05) is 35.3 Å². The van der Waals surface area contributed by atoms with Crippen molar-refractivity contribution in [3.05, 3.63) is 46.4 Å². The standard InChI is InChI=1S/C25H31ClN6O2/c1-16(33)31-7-3-4-23(29-19-6-9-34-15-19)21(14-31)25(27)32-8-5-20-22(26)10-17(11-24(20)32)18-12-28-30(2)13-18/h10-13,19,27,29H,3-9,14-15H2,1-2H3. The second-order valence-electron chi connectivity index (χ2n) is 9.31. The first-order chi connectivity index (χ1) is 16.4. The number of hydrogen-bond donors (Lipinski definition) is 2. The van der Waals surface area contributed by atoms with Crippen LogP contribution in [0.4, 0.5) is 5.69 Å². The second-order valence-corrected chi connectivity index (χ2v) is 9.72. The fourth-order valence-corrected chi connectivity index (χ4v) is 5.40. The van der Waals surface area contributed by atoms with Gasteiger partial charge in [0, 0.05) is 67.4 Å². The monoisotopic (exact) mass is 482 g/mol. The first-order valence-electron chi connectivity index (χ1n) is 11.9. The van der Waals surface area contributed by atoms with Gasteiger partial charge in [-0.25, -0.2) is 0 Å². The summed E-state index contributed by atoms with van der Waals surface area (Å²) in [5.41, 5.74) is 5.95. The van der Waals surface area contributed by atoms with Crippen molar-refractivity contribution in [3.8, 4) is 11.1 Å². The van der Waals surface area contributed by atoms with Gasteiger partial charge in [0.25, 0.3) is 0 Å². The number of ether oxygens (including phenoxy) is 1. The molecule has 1 aromatic heterocycles. The summed E-state index contributed by atoms with van der Waals surface area (Å²) in [5.74, 6) is 0.479. The summed E-state index contributed by atoms with van der Waals surface area (Å²) in [6, 6.07) is 4.34. The van der Waals surface area contributed by atoms with E-state index >= 15 is 0 Å². The number of nitrogens with zero attached hydrogens (tertiary/aromatic N) is 4. The predicted octanol–water partition coefficient (Wildman–Crippen LogP) is 3.36. The number of halogens is 1. The highest BCUT2D eigenvalue weighted by Crippen LogP contribution is 2.39. The summed E-state index contributed by atoms with van der Waals surface area (Å²) in [4.78, 5) is 16.2. The summed E-state index contributed by atoms with van der Waals surface area (Å²) in [6.45, 7) is 4.87. The van der Waals surface area contributed by atoms with E-state index in [4.69, 9.17) is 16.3 Å². The average Bonchev–Trinajstić information content (AvgIpc) is 3.53. The van der Waals surface area contributed by atoms with Crippen LogP contribution in [0.3, 0.4) is 0 Å². The molecular weight excluding hydrogens is 452 g/mol. The molecule has 0 spiro atoms. The minimum Gasteiger partial charge on any atom is -0.383 e. The van der Waals surface area contributed by atoms with Crippen molar-refractivity contribution in [3.63, 3.8) is 0 Å². The fourth-order valence-electron chi connectivity index (χ4n) is 5.09. The quantitative estimate of drug-likeness (QED) is 0.515. The Kier molecular flexibility index (Phi) is 6.36. The third-order valence-electron chi connectivity index (χ3n) is 6.96. The van der Waals surface area contributed by atoms with Gasteiger partial charge in [-0.3, -0.25) is 14.9 Å². The second kappa shape index (κ2) is 9.43. The average molecular weight is 483 g/mol. The van der Waals surface area contributed by atoms with E-state index in [0.29, 0.717) is 37.1 Å². The molecule has 5 rings (SSSR count). The Morgan fingerprint density at radius 3 is 2.82 bits per heavy atom.